The average Bonchev–Trinajstić information content (AvgIpc) is 2.90. The monoisotopic (exact) mass is 268 g/mol. The molecular formula is C14H12N4O2. The molecule has 0 N–H and O–H groups in total. The van der Waals surface area contributed by atoms with Crippen molar-refractivity contribution in [1.82, 2.24) is 9.55 Å². The van der Waals surface area contributed by atoms with Gasteiger partial charge in [0.05, 0.1) is 20.0 Å². The average molecular weight is 268 g/mol. The summed E-state index contributed by atoms with van der Waals surface area (Å²) in [5.41, 5.74) is 0.391. The van der Waals surface area contributed by atoms with Crippen LogP contribution >= 0.6 is 0 Å². The van der Waals surface area contributed by atoms with E-state index in [0.717, 1.165) is 5.75 Å². The maximum atomic E-state index is 8.98. The standard InChI is InChI=1S/C14H12N4O2/c1-19-11-2-4-12(5-3-11)20-7-6-18-10-17-13(8-15)14(18)9-16/h2-5,10H,6-7H2,1H3. The first kappa shape index (κ1) is 13.4. The SMILES string of the molecule is COc1ccc(OCCn2cnc(C#N)c2C#N)cc1. The number of aromatic nitrogens is 2. The smallest absolute Gasteiger partial charge is 0.176 e. The van der Waals surface area contributed by atoms with Gasteiger partial charge in [-0.3, -0.25) is 0 Å². The minimum Gasteiger partial charge on any atom is -0.497 e. The number of hydrogen-bond donors (Lipinski definition) is 0. The molecule has 100 valence electrons. The number of imidazole rings is 1. The lowest BCUT2D eigenvalue weighted by atomic mass is 10.3. The number of methoxy groups -OCH3 is 1. The maximum absolute atomic E-state index is 8.98. The van der Waals surface area contributed by atoms with Crippen LogP contribution in [0.15, 0.2) is 30.6 Å². The van der Waals surface area contributed by atoms with Crippen molar-refractivity contribution in [2.75, 3.05) is 13.7 Å². The lowest BCUT2D eigenvalue weighted by Crippen LogP contribution is -2.09. The summed E-state index contributed by atoms with van der Waals surface area (Å²) in [6, 6.07) is 11.1. The molecule has 1 aromatic carbocycles. The first-order valence-corrected chi connectivity index (χ1v) is 5.90. The third kappa shape index (κ3) is 2.88. The molecule has 6 heteroatoms. The Bertz CT molecular complexity index is 662. The first-order chi connectivity index (χ1) is 9.78. The highest BCUT2D eigenvalue weighted by atomic mass is 16.5. The molecule has 0 aliphatic heterocycles. The quantitative estimate of drug-likeness (QED) is 0.824. The number of nitrogens with zero attached hydrogens (tertiary/aromatic N) is 4. The first-order valence-electron chi connectivity index (χ1n) is 5.90. The number of benzene rings is 1. The highest BCUT2D eigenvalue weighted by Gasteiger charge is 2.09. The lowest BCUT2D eigenvalue weighted by Gasteiger charge is -2.08. The molecule has 2 rings (SSSR count). The van der Waals surface area contributed by atoms with Gasteiger partial charge in [0.2, 0.25) is 0 Å². The van der Waals surface area contributed by atoms with Gasteiger partial charge in [0.25, 0.3) is 0 Å². The Morgan fingerprint density at radius 3 is 2.45 bits per heavy atom. The number of hydrogen-bond acceptors (Lipinski definition) is 5. The third-order valence-corrected chi connectivity index (χ3v) is 2.71. The Hall–Kier alpha value is -2.99. The zero-order valence-electron chi connectivity index (χ0n) is 10.9. The van der Waals surface area contributed by atoms with Gasteiger partial charge in [0.15, 0.2) is 11.4 Å². The van der Waals surface area contributed by atoms with E-state index in [1.807, 2.05) is 12.1 Å². The summed E-state index contributed by atoms with van der Waals surface area (Å²) in [5.74, 6) is 1.47. The zero-order valence-corrected chi connectivity index (χ0v) is 10.9. The van der Waals surface area contributed by atoms with Crippen molar-refractivity contribution >= 4 is 0 Å². The summed E-state index contributed by atoms with van der Waals surface area (Å²) in [6.07, 6.45) is 1.47. The number of rotatable bonds is 5. The summed E-state index contributed by atoms with van der Waals surface area (Å²) in [7, 11) is 1.60. The minimum atomic E-state index is 0.136. The van der Waals surface area contributed by atoms with Crippen LogP contribution in [0.2, 0.25) is 0 Å². The van der Waals surface area contributed by atoms with Crippen molar-refractivity contribution in [3.8, 4) is 23.6 Å². The van der Waals surface area contributed by atoms with Crippen molar-refractivity contribution in [3.63, 3.8) is 0 Å². The molecule has 0 aliphatic rings. The molecule has 6 nitrogen and oxygen atoms in total. The molecule has 0 fully saturated rings. The van der Waals surface area contributed by atoms with Crippen molar-refractivity contribution < 1.29 is 9.47 Å². The van der Waals surface area contributed by atoms with Gasteiger partial charge < -0.3 is 14.0 Å². The van der Waals surface area contributed by atoms with E-state index in [1.54, 1.807) is 35.9 Å². The van der Waals surface area contributed by atoms with Crippen LogP contribution in [-0.2, 0) is 6.54 Å². The van der Waals surface area contributed by atoms with Crippen LogP contribution in [0.3, 0.4) is 0 Å². The van der Waals surface area contributed by atoms with Gasteiger partial charge in [-0.05, 0) is 24.3 Å². The summed E-state index contributed by atoms with van der Waals surface area (Å²) >= 11 is 0. The van der Waals surface area contributed by atoms with Crippen molar-refractivity contribution in [2.24, 2.45) is 0 Å². The largest absolute Gasteiger partial charge is 0.497 e. The van der Waals surface area contributed by atoms with Crippen LogP contribution in [0, 0.1) is 22.7 Å². The van der Waals surface area contributed by atoms with Crippen molar-refractivity contribution in [2.45, 2.75) is 6.54 Å². The highest BCUT2D eigenvalue weighted by molar-refractivity contribution is 5.36. The van der Waals surface area contributed by atoms with Gasteiger partial charge in [-0.1, -0.05) is 0 Å². The fourth-order valence-corrected chi connectivity index (χ4v) is 1.68. The number of nitriles is 2. The molecule has 0 amide bonds. The Kier molecular flexibility index (Phi) is 4.21. The van der Waals surface area contributed by atoms with Crippen LogP contribution in [-0.4, -0.2) is 23.3 Å². The predicted molar refractivity (Wildman–Crippen MR) is 70.1 cm³/mol. The van der Waals surface area contributed by atoms with Gasteiger partial charge in [0.1, 0.15) is 30.2 Å². The van der Waals surface area contributed by atoms with Crippen LogP contribution in [0.1, 0.15) is 11.4 Å². The Labute approximate surface area is 116 Å². The predicted octanol–water partition coefficient (Wildman–Crippen LogP) is 1.71. The highest BCUT2D eigenvalue weighted by Crippen LogP contribution is 2.17. The maximum Gasteiger partial charge on any atom is 0.176 e. The summed E-state index contributed by atoms with van der Waals surface area (Å²) in [6.45, 7) is 0.825. The van der Waals surface area contributed by atoms with Crippen LogP contribution < -0.4 is 9.47 Å². The molecule has 2 aromatic rings. The van der Waals surface area contributed by atoms with Crippen LogP contribution in [0.5, 0.6) is 11.5 Å². The Balaban J connectivity index is 1.94. The molecule has 1 aromatic heterocycles. The number of ether oxygens (including phenoxy) is 2. The van der Waals surface area contributed by atoms with E-state index in [4.69, 9.17) is 20.0 Å². The zero-order chi connectivity index (χ0) is 14.4. The molecule has 0 unspecified atom stereocenters. The molecule has 0 bridgehead atoms. The van der Waals surface area contributed by atoms with E-state index in [1.165, 1.54) is 6.33 Å². The summed E-state index contributed by atoms with van der Waals surface area (Å²) < 4.78 is 12.2. The lowest BCUT2D eigenvalue weighted by molar-refractivity contribution is 0.297. The van der Waals surface area contributed by atoms with E-state index in [9.17, 15) is 0 Å². The van der Waals surface area contributed by atoms with Gasteiger partial charge >= 0.3 is 0 Å². The second-order valence-corrected chi connectivity index (χ2v) is 3.88. The van der Waals surface area contributed by atoms with E-state index < -0.39 is 0 Å². The topological polar surface area (TPSA) is 83.9 Å². The van der Waals surface area contributed by atoms with Gasteiger partial charge in [-0.25, -0.2) is 4.98 Å². The van der Waals surface area contributed by atoms with Crippen LogP contribution in [0.4, 0.5) is 0 Å². The van der Waals surface area contributed by atoms with Gasteiger partial charge in [-0.2, -0.15) is 10.5 Å². The van der Waals surface area contributed by atoms with Crippen molar-refractivity contribution in [1.29, 1.82) is 10.5 Å². The summed E-state index contributed by atoms with van der Waals surface area (Å²) in [5, 5.41) is 17.8. The molecule has 0 saturated carbocycles. The normalized spacial score (nSPS) is 9.55. The Morgan fingerprint density at radius 2 is 1.85 bits per heavy atom. The summed E-state index contributed by atoms with van der Waals surface area (Å²) in [4.78, 5) is 3.86. The van der Waals surface area contributed by atoms with Crippen LogP contribution in [0.25, 0.3) is 0 Å². The molecular weight excluding hydrogens is 256 g/mol. The molecule has 20 heavy (non-hydrogen) atoms. The van der Waals surface area contributed by atoms with E-state index >= 15 is 0 Å². The molecule has 0 saturated heterocycles. The second kappa shape index (κ2) is 6.26. The molecule has 0 spiro atoms. The van der Waals surface area contributed by atoms with Crippen molar-refractivity contribution in [3.05, 3.63) is 42.0 Å². The van der Waals surface area contributed by atoms with E-state index in [0.29, 0.717) is 18.9 Å². The fraction of sp³-hybridized carbons (Fsp3) is 0.214. The second-order valence-electron chi connectivity index (χ2n) is 3.88. The fourth-order valence-electron chi connectivity index (χ4n) is 1.68. The van der Waals surface area contributed by atoms with Gasteiger partial charge in [0, 0.05) is 0 Å². The molecule has 0 aliphatic carbocycles. The Morgan fingerprint density at radius 1 is 1.15 bits per heavy atom. The van der Waals surface area contributed by atoms with E-state index in [-0.39, 0.29) is 11.4 Å². The van der Waals surface area contributed by atoms with E-state index in [2.05, 4.69) is 4.98 Å². The minimum absolute atomic E-state index is 0.136. The molecule has 0 atom stereocenters. The molecule has 0 radical (unpaired) electrons. The third-order valence-electron chi connectivity index (χ3n) is 2.71. The van der Waals surface area contributed by atoms with Gasteiger partial charge in [-0.15, -0.1) is 0 Å². The molecule has 1 heterocycles.